The van der Waals surface area contributed by atoms with Crippen LogP contribution in [0.2, 0.25) is 0 Å². The van der Waals surface area contributed by atoms with Crippen molar-refractivity contribution in [2.75, 3.05) is 21.3 Å². The monoisotopic (exact) mass is 387 g/mol. The molecule has 0 unspecified atom stereocenters. The van der Waals surface area contributed by atoms with Gasteiger partial charge >= 0.3 is 0 Å². The molecule has 1 N–H and O–H groups in total. The molecule has 0 radical (unpaired) electrons. The normalized spacial score (nSPS) is 11.5. The van der Waals surface area contributed by atoms with Crippen molar-refractivity contribution in [3.63, 3.8) is 0 Å². The molecular formula is C22H29NO5. The van der Waals surface area contributed by atoms with E-state index in [-0.39, 0.29) is 5.91 Å². The molecule has 0 fully saturated rings. The van der Waals surface area contributed by atoms with Crippen molar-refractivity contribution in [2.45, 2.75) is 39.3 Å². The molecule has 0 aliphatic heterocycles. The minimum atomic E-state index is -0.561. The Morgan fingerprint density at radius 3 is 2.00 bits per heavy atom. The number of carbonyl (C=O) groups is 1. The van der Waals surface area contributed by atoms with E-state index in [1.165, 1.54) is 5.56 Å². The van der Waals surface area contributed by atoms with E-state index in [1.54, 1.807) is 21.3 Å². The van der Waals surface area contributed by atoms with Crippen molar-refractivity contribution in [1.29, 1.82) is 0 Å². The van der Waals surface area contributed by atoms with Gasteiger partial charge in [-0.1, -0.05) is 26.0 Å². The molecule has 152 valence electrons. The van der Waals surface area contributed by atoms with Gasteiger partial charge in [0.05, 0.1) is 21.3 Å². The third-order valence-corrected chi connectivity index (χ3v) is 4.46. The number of aryl methyl sites for hydroxylation is 1. The van der Waals surface area contributed by atoms with Crippen molar-refractivity contribution in [3.05, 3.63) is 47.5 Å². The zero-order valence-electron chi connectivity index (χ0n) is 17.2. The first-order chi connectivity index (χ1) is 13.6. The van der Waals surface area contributed by atoms with E-state index in [4.69, 9.17) is 18.9 Å². The van der Waals surface area contributed by atoms with E-state index >= 15 is 0 Å². The number of benzene rings is 2. The molecule has 1 amide bonds. The third kappa shape index (κ3) is 5.31. The Morgan fingerprint density at radius 2 is 1.54 bits per heavy atom. The highest BCUT2D eigenvalue weighted by atomic mass is 16.5. The number of nitrogens with one attached hydrogen (secondary N) is 1. The molecule has 2 aromatic carbocycles. The SMILES string of the molecule is CCc1ccc(O[C@H](CC)C(=O)NCc2cc(OC)c(OC)c(OC)c2)cc1. The highest BCUT2D eigenvalue weighted by Gasteiger charge is 2.19. The highest BCUT2D eigenvalue weighted by Crippen LogP contribution is 2.38. The van der Waals surface area contributed by atoms with Gasteiger partial charge in [0.2, 0.25) is 5.75 Å². The van der Waals surface area contributed by atoms with Crippen LogP contribution in [0.4, 0.5) is 0 Å². The first-order valence-corrected chi connectivity index (χ1v) is 9.38. The topological polar surface area (TPSA) is 66.0 Å². The summed E-state index contributed by atoms with van der Waals surface area (Å²) >= 11 is 0. The van der Waals surface area contributed by atoms with Crippen LogP contribution in [0.15, 0.2) is 36.4 Å². The second kappa shape index (κ2) is 10.4. The van der Waals surface area contributed by atoms with Crippen LogP contribution in [0.25, 0.3) is 0 Å². The fourth-order valence-electron chi connectivity index (χ4n) is 2.83. The van der Waals surface area contributed by atoms with Gasteiger partial charge in [0, 0.05) is 6.54 Å². The molecule has 6 heteroatoms. The maximum absolute atomic E-state index is 12.6. The van der Waals surface area contributed by atoms with E-state index in [2.05, 4.69) is 12.2 Å². The maximum Gasteiger partial charge on any atom is 0.261 e. The summed E-state index contributed by atoms with van der Waals surface area (Å²) in [5.41, 5.74) is 2.07. The van der Waals surface area contributed by atoms with Crippen LogP contribution in [-0.4, -0.2) is 33.3 Å². The van der Waals surface area contributed by atoms with Gasteiger partial charge in [-0.15, -0.1) is 0 Å². The Labute approximate surface area is 166 Å². The van der Waals surface area contributed by atoms with Gasteiger partial charge in [0.1, 0.15) is 5.75 Å². The Hall–Kier alpha value is -2.89. The van der Waals surface area contributed by atoms with Gasteiger partial charge in [0.25, 0.3) is 5.91 Å². The van der Waals surface area contributed by atoms with Crippen LogP contribution < -0.4 is 24.3 Å². The van der Waals surface area contributed by atoms with Crippen molar-refractivity contribution in [2.24, 2.45) is 0 Å². The maximum atomic E-state index is 12.6. The van der Waals surface area contributed by atoms with Gasteiger partial charge < -0.3 is 24.3 Å². The van der Waals surface area contributed by atoms with E-state index in [0.29, 0.717) is 36.0 Å². The molecule has 0 heterocycles. The fourth-order valence-corrected chi connectivity index (χ4v) is 2.83. The van der Waals surface area contributed by atoms with Gasteiger partial charge in [-0.05, 0) is 48.2 Å². The third-order valence-electron chi connectivity index (χ3n) is 4.46. The largest absolute Gasteiger partial charge is 0.493 e. The molecule has 0 spiro atoms. The second-order valence-electron chi connectivity index (χ2n) is 6.26. The molecule has 0 bridgehead atoms. The molecule has 28 heavy (non-hydrogen) atoms. The highest BCUT2D eigenvalue weighted by molar-refractivity contribution is 5.81. The lowest BCUT2D eigenvalue weighted by molar-refractivity contribution is -0.128. The summed E-state index contributed by atoms with van der Waals surface area (Å²) in [6, 6.07) is 11.4. The quantitative estimate of drug-likeness (QED) is 0.673. The van der Waals surface area contributed by atoms with E-state index in [9.17, 15) is 4.79 Å². The van der Waals surface area contributed by atoms with E-state index in [0.717, 1.165) is 12.0 Å². The lowest BCUT2D eigenvalue weighted by atomic mass is 10.1. The Morgan fingerprint density at radius 1 is 0.929 bits per heavy atom. The summed E-state index contributed by atoms with van der Waals surface area (Å²) < 4.78 is 21.9. The summed E-state index contributed by atoms with van der Waals surface area (Å²) in [4.78, 5) is 12.6. The van der Waals surface area contributed by atoms with Gasteiger partial charge in [-0.2, -0.15) is 0 Å². The minimum Gasteiger partial charge on any atom is -0.493 e. The zero-order valence-corrected chi connectivity index (χ0v) is 17.2. The number of rotatable bonds is 10. The molecular weight excluding hydrogens is 358 g/mol. The first-order valence-electron chi connectivity index (χ1n) is 9.38. The molecule has 0 aromatic heterocycles. The van der Waals surface area contributed by atoms with Crippen LogP contribution in [0.1, 0.15) is 31.4 Å². The summed E-state index contributed by atoms with van der Waals surface area (Å²) in [6.45, 7) is 4.34. The lowest BCUT2D eigenvalue weighted by Crippen LogP contribution is -2.37. The number of hydrogen-bond acceptors (Lipinski definition) is 5. The molecule has 6 nitrogen and oxygen atoms in total. The number of carbonyl (C=O) groups excluding carboxylic acids is 1. The smallest absolute Gasteiger partial charge is 0.261 e. The van der Waals surface area contributed by atoms with E-state index < -0.39 is 6.10 Å². The number of hydrogen-bond donors (Lipinski definition) is 1. The number of methoxy groups -OCH3 is 3. The van der Waals surface area contributed by atoms with Crippen LogP contribution in [0.5, 0.6) is 23.0 Å². The first kappa shape index (κ1) is 21.4. The molecule has 2 rings (SSSR count). The van der Waals surface area contributed by atoms with Crippen LogP contribution in [0, 0.1) is 0 Å². The van der Waals surface area contributed by atoms with Gasteiger partial charge in [-0.3, -0.25) is 4.79 Å². The second-order valence-corrected chi connectivity index (χ2v) is 6.26. The molecule has 0 aliphatic carbocycles. The van der Waals surface area contributed by atoms with Gasteiger partial charge in [-0.25, -0.2) is 0 Å². The standard InChI is InChI=1S/C22H29NO5/c1-6-15-8-10-17(11-9-15)28-18(7-2)22(24)23-14-16-12-19(25-3)21(27-5)20(13-16)26-4/h8-13,18H,6-7,14H2,1-5H3,(H,23,24)/t18-/m1/s1. The minimum absolute atomic E-state index is 0.171. The molecule has 2 aromatic rings. The number of amides is 1. The van der Waals surface area contributed by atoms with Crippen molar-refractivity contribution < 1.29 is 23.7 Å². The Kier molecular flexibility index (Phi) is 7.99. The van der Waals surface area contributed by atoms with Crippen molar-refractivity contribution in [1.82, 2.24) is 5.32 Å². The number of ether oxygens (including phenoxy) is 4. The van der Waals surface area contributed by atoms with Crippen LogP contribution >= 0.6 is 0 Å². The Bertz CT molecular complexity index is 748. The lowest BCUT2D eigenvalue weighted by Gasteiger charge is -2.18. The predicted molar refractivity (Wildman–Crippen MR) is 108 cm³/mol. The van der Waals surface area contributed by atoms with Gasteiger partial charge in [0.15, 0.2) is 17.6 Å². The Balaban J connectivity index is 2.04. The summed E-state index contributed by atoms with van der Waals surface area (Å²) in [7, 11) is 4.67. The molecule has 0 saturated carbocycles. The molecule has 1 atom stereocenters. The van der Waals surface area contributed by atoms with Crippen molar-refractivity contribution in [3.8, 4) is 23.0 Å². The zero-order chi connectivity index (χ0) is 20.5. The summed E-state index contributed by atoms with van der Waals surface area (Å²) in [6.07, 6.45) is 0.970. The average molecular weight is 387 g/mol. The molecule has 0 saturated heterocycles. The summed E-state index contributed by atoms with van der Waals surface area (Å²) in [5.74, 6) is 2.13. The summed E-state index contributed by atoms with van der Waals surface area (Å²) in [5, 5.41) is 2.92. The van der Waals surface area contributed by atoms with Crippen molar-refractivity contribution >= 4 is 5.91 Å². The van der Waals surface area contributed by atoms with Crippen LogP contribution in [0.3, 0.4) is 0 Å². The van der Waals surface area contributed by atoms with E-state index in [1.807, 2.05) is 43.3 Å². The average Bonchev–Trinajstić information content (AvgIpc) is 2.75. The van der Waals surface area contributed by atoms with Crippen LogP contribution in [-0.2, 0) is 17.8 Å². The predicted octanol–water partition coefficient (Wildman–Crippen LogP) is 3.75. The fraction of sp³-hybridized carbons (Fsp3) is 0.409. The molecule has 0 aliphatic rings.